The van der Waals surface area contributed by atoms with E-state index in [-0.39, 0.29) is 11.7 Å². The Labute approximate surface area is 126 Å². The molecule has 0 spiro atoms. The Balaban J connectivity index is 1.91. The number of benzene rings is 1. The Morgan fingerprint density at radius 1 is 1.14 bits per heavy atom. The van der Waals surface area contributed by atoms with Crippen LogP contribution in [-0.4, -0.2) is 44.5 Å². The minimum absolute atomic E-state index is 0.0853. The number of carbonyl (C=O) groups is 1. The van der Waals surface area contributed by atoms with Gasteiger partial charge in [0, 0.05) is 17.5 Å². The molecule has 4 heteroatoms. The van der Waals surface area contributed by atoms with Crippen LogP contribution in [0.25, 0.3) is 0 Å². The van der Waals surface area contributed by atoms with Crippen LogP contribution < -0.4 is 9.47 Å². The zero-order valence-electron chi connectivity index (χ0n) is 13.0. The first-order valence-electron chi connectivity index (χ1n) is 7.65. The smallest absolute Gasteiger partial charge is 0.168 e. The molecule has 2 atom stereocenters. The molecule has 2 unspecified atom stereocenters. The fourth-order valence-electron chi connectivity index (χ4n) is 3.77. The second kappa shape index (κ2) is 5.68. The lowest BCUT2D eigenvalue weighted by Crippen LogP contribution is -2.43. The minimum Gasteiger partial charge on any atom is -0.493 e. The molecule has 3 rings (SSSR count). The van der Waals surface area contributed by atoms with Crippen LogP contribution in [0.1, 0.15) is 35.2 Å². The van der Waals surface area contributed by atoms with Crippen molar-refractivity contribution in [3.8, 4) is 11.5 Å². The zero-order chi connectivity index (χ0) is 15.0. The molecule has 1 aliphatic heterocycles. The van der Waals surface area contributed by atoms with Gasteiger partial charge in [0.1, 0.15) is 0 Å². The highest BCUT2D eigenvalue weighted by molar-refractivity contribution is 6.03. The third-order valence-corrected chi connectivity index (χ3v) is 4.94. The summed E-state index contributed by atoms with van der Waals surface area (Å²) in [6.45, 7) is 1.09. The number of ether oxygens (including phenoxy) is 2. The van der Waals surface area contributed by atoms with Crippen molar-refractivity contribution in [2.45, 2.75) is 31.7 Å². The first kappa shape index (κ1) is 14.4. The fraction of sp³-hybridized carbons (Fsp3) is 0.588. The molecule has 2 aliphatic rings. The Morgan fingerprint density at radius 2 is 1.86 bits per heavy atom. The average molecular weight is 289 g/mol. The molecule has 0 bridgehead atoms. The van der Waals surface area contributed by atoms with Gasteiger partial charge in [-0.3, -0.25) is 4.79 Å². The number of fused-ring (bicyclic) bond motifs is 1. The number of piperidine rings is 1. The molecule has 1 saturated heterocycles. The van der Waals surface area contributed by atoms with E-state index in [1.807, 2.05) is 12.1 Å². The lowest BCUT2D eigenvalue weighted by molar-refractivity contribution is 0.0775. The van der Waals surface area contributed by atoms with E-state index in [0.717, 1.165) is 30.5 Å². The summed E-state index contributed by atoms with van der Waals surface area (Å²) in [5.74, 6) is 1.70. The number of hydrogen-bond acceptors (Lipinski definition) is 4. The summed E-state index contributed by atoms with van der Waals surface area (Å²) in [6, 6.07) is 4.18. The normalized spacial score (nSPS) is 25.8. The van der Waals surface area contributed by atoms with Gasteiger partial charge in [0.25, 0.3) is 0 Å². The Bertz CT molecular complexity index is 555. The van der Waals surface area contributed by atoms with Gasteiger partial charge in [0.05, 0.1) is 14.2 Å². The average Bonchev–Trinajstić information content (AvgIpc) is 2.82. The van der Waals surface area contributed by atoms with Crippen molar-refractivity contribution in [2.75, 3.05) is 27.8 Å². The van der Waals surface area contributed by atoms with E-state index in [1.165, 1.54) is 12.8 Å². The molecule has 0 N–H and O–H groups in total. The van der Waals surface area contributed by atoms with Crippen LogP contribution in [0.15, 0.2) is 12.1 Å². The lowest BCUT2D eigenvalue weighted by atomic mass is 9.88. The molecule has 0 saturated carbocycles. The van der Waals surface area contributed by atoms with Crippen molar-refractivity contribution in [2.24, 2.45) is 5.92 Å². The van der Waals surface area contributed by atoms with Crippen molar-refractivity contribution >= 4 is 5.78 Å². The minimum atomic E-state index is 0.0853. The molecule has 1 aromatic rings. The van der Waals surface area contributed by atoms with Crippen LogP contribution >= 0.6 is 0 Å². The number of rotatable bonds is 3. The number of Topliss-reactive ketones (excluding diaryl/α,β-unsaturated/α-hetero) is 1. The number of likely N-dealkylation sites (tertiary alicyclic amines) is 1. The van der Waals surface area contributed by atoms with Crippen LogP contribution in [0.3, 0.4) is 0 Å². The van der Waals surface area contributed by atoms with E-state index >= 15 is 0 Å². The number of ketones is 1. The molecular weight excluding hydrogens is 266 g/mol. The van der Waals surface area contributed by atoms with Gasteiger partial charge in [0.2, 0.25) is 0 Å². The topological polar surface area (TPSA) is 38.8 Å². The molecule has 1 fully saturated rings. The monoisotopic (exact) mass is 289 g/mol. The maximum Gasteiger partial charge on any atom is 0.168 e. The van der Waals surface area contributed by atoms with Crippen molar-refractivity contribution in [3.05, 3.63) is 23.3 Å². The second-order valence-electron chi connectivity index (χ2n) is 6.08. The standard InChI is InChI=1S/C17H23NO3/c1-18-7-5-4-6-14(18)13-8-11-9-15(20-2)16(21-3)10-12(11)17(13)19/h9-10,13-14H,4-8H2,1-3H3. The van der Waals surface area contributed by atoms with Gasteiger partial charge in [-0.25, -0.2) is 0 Å². The second-order valence-corrected chi connectivity index (χ2v) is 6.08. The van der Waals surface area contributed by atoms with Gasteiger partial charge < -0.3 is 14.4 Å². The first-order chi connectivity index (χ1) is 10.2. The molecule has 1 aromatic carbocycles. The Kier molecular flexibility index (Phi) is 3.89. The highest BCUT2D eigenvalue weighted by atomic mass is 16.5. The summed E-state index contributed by atoms with van der Waals surface area (Å²) in [5, 5.41) is 0. The lowest BCUT2D eigenvalue weighted by Gasteiger charge is -2.35. The maximum atomic E-state index is 12.8. The molecule has 114 valence electrons. The van der Waals surface area contributed by atoms with E-state index in [1.54, 1.807) is 14.2 Å². The maximum absolute atomic E-state index is 12.8. The summed E-state index contributed by atoms with van der Waals surface area (Å²) in [7, 11) is 5.38. The van der Waals surface area contributed by atoms with Gasteiger partial charge >= 0.3 is 0 Å². The van der Waals surface area contributed by atoms with Crippen molar-refractivity contribution < 1.29 is 14.3 Å². The predicted octanol–water partition coefficient (Wildman–Crippen LogP) is 2.54. The highest BCUT2D eigenvalue weighted by Gasteiger charge is 2.39. The van der Waals surface area contributed by atoms with Crippen LogP contribution in [0.4, 0.5) is 0 Å². The summed E-state index contributed by atoms with van der Waals surface area (Å²) >= 11 is 0. The van der Waals surface area contributed by atoms with Gasteiger partial charge in [0.15, 0.2) is 17.3 Å². The summed E-state index contributed by atoms with van der Waals surface area (Å²) < 4.78 is 10.7. The number of hydrogen-bond donors (Lipinski definition) is 0. The van der Waals surface area contributed by atoms with E-state index in [9.17, 15) is 4.79 Å². The van der Waals surface area contributed by atoms with Gasteiger partial charge in [-0.1, -0.05) is 6.42 Å². The summed E-state index contributed by atoms with van der Waals surface area (Å²) in [6.07, 6.45) is 4.41. The molecule has 1 aliphatic carbocycles. The first-order valence-corrected chi connectivity index (χ1v) is 7.65. The zero-order valence-corrected chi connectivity index (χ0v) is 13.0. The van der Waals surface area contributed by atoms with Crippen LogP contribution in [-0.2, 0) is 6.42 Å². The van der Waals surface area contributed by atoms with Gasteiger partial charge in [-0.2, -0.15) is 0 Å². The van der Waals surface area contributed by atoms with E-state index in [0.29, 0.717) is 17.5 Å². The van der Waals surface area contributed by atoms with Crippen LogP contribution in [0, 0.1) is 5.92 Å². The van der Waals surface area contributed by atoms with E-state index < -0.39 is 0 Å². The van der Waals surface area contributed by atoms with Crippen LogP contribution in [0.5, 0.6) is 11.5 Å². The SMILES string of the molecule is COc1cc2c(cc1OC)C(=O)C(C1CCCCN1C)C2. The third-order valence-electron chi connectivity index (χ3n) is 4.94. The van der Waals surface area contributed by atoms with Gasteiger partial charge in [-0.15, -0.1) is 0 Å². The number of nitrogens with zero attached hydrogens (tertiary/aromatic N) is 1. The largest absolute Gasteiger partial charge is 0.493 e. The molecule has 4 nitrogen and oxygen atoms in total. The van der Waals surface area contributed by atoms with Crippen molar-refractivity contribution in [1.29, 1.82) is 0 Å². The van der Waals surface area contributed by atoms with E-state index in [4.69, 9.17) is 9.47 Å². The molecule has 1 heterocycles. The predicted molar refractivity (Wildman–Crippen MR) is 81.3 cm³/mol. The van der Waals surface area contributed by atoms with Gasteiger partial charge in [-0.05, 0) is 50.6 Å². The fourth-order valence-corrected chi connectivity index (χ4v) is 3.77. The summed E-state index contributed by atoms with van der Waals surface area (Å²) in [4.78, 5) is 15.1. The molecule has 0 aromatic heterocycles. The molecular formula is C17H23NO3. The van der Waals surface area contributed by atoms with E-state index in [2.05, 4.69) is 11.9 Å². The Morgan fingerprint density at radius 3 is 2.52 bits per heavy atom. The van der Waals surface area contributed by atoms with Crippen molar-refractivity contribution in [3.63, 3.8) is 0 Å². The molecule has 0 amide bonds. The van der Waals surface area contributed by atoms with Crippen LogP contribution in [0.2, 0.25) is 0 Å². The Hall–Kier alpha value is -1.55. The molecule has 21 heavy (non-hydrogen) atoms. The summed E-state index contributed by atoms with van der Waals surface area (Å²) in [5.41, 5.74) is 1.92. The quantitative estimate of drug-likeness (QED) is 0.857. The molecule has 0 radical (unpaired) electrons. The third kappa shape index (κ3) is 2.42. The van der Waals surface area contributed by atoms with Crippen molar-refractivity contribution in [1.82, 2.24) is 4.90 Å². The number of methoxy groups -OCH3 is 2. The number of carbonyl (C=O) groups excluding carboxylic acids is 1. The highest BCUT2D eigenvalue weighted by Crippen LogP contribution is 2.39.